The summed E-state index contributed by atoms with van der Waals surface area (Å²) >= 11 is 0. The minimum absolute atomic E-state index is 0.0714. The van der Waals surface area contributed by atoms with Gasteiger partial charge in [0.25, 0.3) is 0 Å². The topological polar surface area (TPSA) is 66.4 Å². The highest BCUT2D eigenvalue weighted by molar-refractivity contribution is 5.88. The number of benzene rings is 1. The van der Waals surface area contributed by atoms with Crippen molar-refractivity contribution < 1.29 is 14.7 Å². The molecule has 5 nitrogen and oxygen atoms in total. The van der Waals surface area contributed by atoms with E-state index in [4.69, 9.17) is 5.11 Å². The van der Waals surface area contributed by atoms with Crippen LogP contribution >= 0.6 is 0 Å². The molecule has 1 atom stereocenters. The summed E-state index contributed by atoms with van der Waals surface area (Å²) in [5.74, 6) is -1.04. The zero-order valence-corrected chi connectivity index (χ0v) is 11.4. The van der Waals surface area contributed by atoms with Crippen LogP contribution in [0.1, 0.15) is 19.8 Å². The summed E-state index contributed by atoms with van der Waals surface area (Å²) in [4.78, 5) is 22.8. The van der Waals surface area contributed by atoms with Gasteiger partial charge >= 0.3 is 12.0 Å². The molecule has 0 aliphatic carbocycles. The van der Waals surface area contributed by atoms with Gasteiger partial charge in [0.15, 0.2) is 0 Å². The molecular weight excluding hydrogens is 244 g/mol. The highest BCUT2D eigenvalue weighted by Crippen LogP contribution is 2.21. The maximum absolute atomic E-state index is 12.3. The van der Waals surface area contributed by atoms with Crippen molar-refractivity contribution in [2.45, 2.75) is 19.8 Å². The van der Waals surface area contributed by atoms with Gasteiger partial charge in [0.1, 0.15) is 12.2 Å². The summed E-state index contributed by atoms with van der Waals surface area (Å²) < 4.78 is 0.0714. The van der Waals surface area contributed by atoms with Crippen molar-refractivity contribution in [3.05, 3.63) is 30.3 Å². The minimum Gasteiger partial charge on any atom is -0.480 e. The van der Waals surface area contributed by atoms with Crippen LogP contribution in [0.15, 0.2) is 30.3 Å². The Morgan fingerprint density at radius 3 is 2.42 bits per heavy atom. The molecule has 0 spiro atoms. The number of unbranched alkanes of at least 4 members (excludes halogenated alkanes) is 1. The minimum atomic E-state index is -1.04. The SMILES string of the molecule is CCCC[N+](C)(C(=O)NCC(=O)O)c1ccccc1. The summed E-state index contributed by atoms with van der Waals surface area (Å²) in [5, 5.41) is 11.1. The van der Waals surface area contributed by atoms with Gasteiger partial charge in [-0.2, -0.15) is 0 Å². The van der Waals surface area contributed by atoms with Gasteiger partial charge in [0.05, 0.1) is 13.6 Å². The molecule has 2 amide bonds. The number of rotatable bonds is 6. The number of carboxylic acid groups (broad SMARTS) is 1. The highest BCUT2D eigenvalue weighted by atomic mass is 16.4. The molecule has 1 aromatic rings. The Balaban J connectivity index is 2.92. The van der Waals surface area contributed by atoms with Gasteiger partial charge in [-0.25, -0.2) is 9.28 Å². The molecule has 1 rings (SSSR count). The summed E-state index contributed by atoms with van der Waals surface area (Å²) in [6.45, 7) is 2.35. The van der Waals surface area contributed by atoms with Gasteiger partial charge in [-0.15, -0.1) is 0 Å². The molecular formula is C14H21N2O3+. The lowest BCUT2D eigenvalue weighted by Crippen LogP contribution is -2.57. The van der Waals surface area contributed by atoms with Crippen LogP contribution in [0.3, 0.4) is 0 Å². The zero-order chi connectivity index (χ0) is 14.3. The van der Waals surface area contributed by atoms with E-state index in [1.165, 1.54) is 0 Å². The first kappa shape index (κ1) is 15.2. The molecule has 2 N–H and O–H groups in total. The van der Waals surface area contributed by atoms with Crippen molar-refractivity contribution in [2.24, 2.45) is 0 Å². The van der Waals surface area contributed by atoms with E-state index >= 15 is 0 Å². The van der Waals surface area contributed by atoms with Gasteiger partial charge in [-0.3, -0.25) is 10.1 Å². The average molecular weight is 265 g/mol. The van der Waals surface area contributed by atoms with Gasteiger partial charge in [-0.05, 0) is 18.6 Å². The second-order valence-electron chi connectivity index (χ2n) is 4.66. The third kappa shape index (κ3) is 4.06. The molecule has 0 aliphatic rings. The summed E-state index contributed by atoms with van der Waals surface area (Å²) in [5.41, 5.74) is 0.860. The van der Waals surface area contributed by atoms with Crippen LogP contribution < -0.4 is 9.80 Å². The molecule has 104 valence electrons. The van der Waals surface area contributed by atoms with Crippen LogP contribution in [0.5, 0.6) is 0 Å². The Hall–Kier alpha value is -1.88. The standard InChI is InChI=1S/C14H20N2O3/c1-3-4-10-16(2,12-8-6-5-7-9-12)14(19)15-11-13(17)18/h5-9H,3-4,10-11H2,1-2H3,(H-,15,17,18,19)/p+1. The van der Waals surface area contributed by atoms with Crippen molar-refractivity contribution in [1.29, 1.82) is 0 Å². The van der Waals surface area contributed by atoms with E-state index in [2.05, 4.69) is 12.2 Å². The second kappa shape index (κ2) is 6.89. The number of carboxylic acids is 1. The largest absolute Gasteiger partial charge is 0.480 e. The van der Waals surface area contributed by atoms with E-state index in [1.807, 2.05) is 37.4 Å². The van der Waals surface area contributed by atoms with E-state index in [1.54, 1.807) is 0 Å². The quantitative estimate of drug-likeness (QED) is 0.775. The Labute approximate surface area is 113 Å². The predicted octanol–water partition coefficient (Wildman–Crippen LogP) is 2.22. The summed E-state index contributed by atoms with van der Waals surface area (Å²) in [7, 11) is 1.81. The second-order valence-corrected chi connectivity index (χ2v) is 4.66. The monoisotopic (exact) mass is 265 g/mol. The Morgan fingerprint density at radius 1 is 1.26 bits per heavy atom. The normalized spacial score (nSPS) is 13.6. The maximum atomic E-state index is 12.3. The van der Waals surface area contributed by atoms with E-state index in [0.29, 0.717) is 6.54 Å². The molecule has 5 heteroatoms. The molecule has 0 aliphatic heterocycles. The number of carbonyl (C=O) groups excluding carboxylic acids is 1. The number of hydrogen-bond donors (Lipinski definition) is 2. The zero-order valence-electron chi connectivity index (χ0n) is 11.4. The molecule has 1 aromatic carbocycles. The van der Waals surface area contributed by atoms with E-state index in [-0.39, 0.29) is 17.1 Å². The Morgan fingerprint density at radius 2 is 1.89 bits per heavy atom. The number of carbonyl (C=O) groups is 2. The van der Waals surface area contributed by atoms with Crippen molar-refractivity contribution in [3.8, 4) is 0 Å². The maximum Gasteiger partial charge on any atom is 0.421 e. The fourth-order valence-electron chi connectivity index (χ4n) is 1.90. The molecule has 0 fully saturated rings. The Kier molecular flexibility index (Phi) is 5.51. The van der Waals surface area contributed by atoms with Crippen LogP contribution in [0.25, 0.3) is 0 Å². The number of amides is 2. The van der Waals surface area contributed by atoms with E-state index in [9.17, 15) is 9.59 Å². The molecule has 0 bridgehead atoms. The van der Waals surface area contributed by atoms with Gasteiger partial charge in [0, 0.05) is 0 Å². The molecule has 0 aromatic heterocycles. The van der Waals surface area contributed by atoms with Crippen molar-refractivity contribution >= 4 is 17.7 Å². The van der Waals surface area contributed by atoms with Crippen molar-refractivity contribution in [3.63, 3.8) is 0 Å². The highest BCUT2D eigenvalue weighted by Gasteiger charge is 2.33. The van der Waals surface area contributed by atoms with Crippen LogP contribution in [0.4, 0.5) is 10.5 Å². The van der Waals surface area contributed by atoms with E-state index < -0.39 is 5.97 Å². The third-order valence-electron chi connectivity index (χ3n) is 3.12. The van der Waals surface area contributed by atoms with Crippen LogP contribution in [0.2, 0.25) is 0 Å². The molecule has 0 saturated carbocycles. The van der Waals surface area contributed by atoms with E-state index in [0.717, 1.165) is 18.5 Å². The van der Waals surface area contributed by atoms with Crippen LogP contribution in [-0.4, -0.2) is 37.2 Å². The first-order chi connectivity index (χ1) is 9.00. The molecule has 0 radical (unpaired) electrons. The smallest absolute Gasteiger partial charge is 0.421 e. The van der Waals surface area contributed by atoms with Crippen molar-refractivity contribution in [2.75, 3.05) is 20.1 Å². The van der Waals surface area contributed by atoms with Crippen LogP contribution in [0, 0.1) is 0 Å². The Bertz CT molecular complexity index is 434. The first-order valence-electron chi connectivity index (χ1n) is 6.42. The molecule has 19 heavy (non-hydrogen) atoms. The molecule has 1 unspecified atom stereocenters. The first-order valence-corrected chi connectivity index (χ1v) is 6.42. The number of urea groups is 1. The number of quaternary nitrogens is 1. The molecule has 0 saturated heterocycles. The number of para-hydroxylation sites is 1. The number of aliphatic carboxylic acids is 1. The third-order valence-corrected chi connectivity index (χ3v) is 3.12. The number of nitrogens with zero attached hydrogens (tertiary/aromatic N) is 1. The number of hydrogen-bond acceptors (Lipinski definition) is 2. The lowest BCUT2D eigenvalue weighted by Gasteiger charge is -2.30. The summed E-state index contributed by atoms with van der Waals surface area (Å²) in [6, 6.07) is 9.13. The average Bonchev–Trinajstić information content (AvgIpc) is 2.43. The van der Waals surface area contributed by atoms with Gasteiger partial charge in [-0.1, -0.05) is 31.5 Å². The molecule has 0 heterocycles. The fraction of sp³-hybridized carbons (Fsp3) is 0.429. The lowest BCUT2D eigenvalue weighted by molar-refractivity contribution is -0.135. The van der Waals surface area contributed by atoms with Gasteiger partial charge in [0.2, 0.25) is 0 Å². The lowest BCUT2D eigenvalue weighted by atomic mass is 10.2. The summed E-state index contributed by atoms with van der Waals surface area (Å²) in [6.07, 6.45) is 1.87. The fourth-order valence-corrected chi connectivity index (χ4v) is 1.90. The van der Waals surface area contributed by atoms with Crippen molar-refractivity contribution in [1.82, 2.24) is 9.80 Å². The van der Waals surface area contributed by atoms with Crippen LogP contribution in [-0.2, 0) is 4.79 Å². The number of nitrogens with one attached hydrogen (secondary N) is 1. The predicted molar refractivity (Wildman–Crippen MR) is 75.0 cm³/mol. The van der Waals surface area contributed by atoms with Gasteiger partial charge < -0.3 is 5.11 Å².